The average Bonchev–Trinajstić information content (AvgIpc) is 3.09. The molecule has 102 valence electrons. The minimum absolute atomic E-state index is 0.0189. The van der Waals surface area contributed by atoms with Crippen LogP contribution < -0.4 is 5.32 Å². The second-order valence-electron chi connectivity index (χ2n) is 5.25. The highest BCUT2D eigenvalue weighted by Crippen LogP contribution is 2.38. The van der Waals surface area contributed by atoms with Crippen LogP contribution in [0.15, 0.2) is 24.3 Å². The number of anilines is 1. The first kappa shape index (κ1) is 13.6. The van der Waals surface area contributed by atoms with Crippen molar-refractivity contribution in [2.45, 2.75) is 33.3 Å². The number of nitrogens with one attached hydrogen (secondary N) is 1. The molecule has 1 saturated carbocycles. The van der Waals surface area contributed by atoms with Crippen molar-refractivity contribution in [3.63, 3.8) is 0 Å². The summed E-state index contributed by atoms with van der Waals surface area (Å²) in [5, 5.41) is 2.73. The lowest BCUT2D eigenvalue weighted by atomic mass is 10.2. The van der Waals surface area contributed by atoms with E-state index in [0.29, 0.717) is 11.6 Å². The molecule has 1 aliphatic rings. The van der Waals surface area contributed by atoms with E-state index in [-0.39, 0.29) is 17.8 Å². The Bertz CT molecular complexity index is 481. The number of carbonyl (C=O) groups is 2. The summed E-state index contributed by atoms with van der Waals surface area (Å²) in [5.74, 6) is -0.195. The third-order valence-electron chi connectivity index (χ3n) is 3.39. The predicted octanol–water partition coefficient (Wildman–Crippen LogP) is 2.52. The second kappa shape index (κ2) is 5.43. The Balaban J connectivity index is 1.85. The molecular formula is C15H19NO3. The lowest BCUT2D eigenvalue weighted by molar-refractivity contribution is -0.154. The number of aryl methyl sites for hydroxylation is 1. The number of carbonyl (C=O) groups excluding carboxylic acids is 2. The van der Waals surface area contributed by atoms with Crippen LogP contribution in [0.25, 0.3) is 0 Å². The number of ether oxygens (including phenoxy) is 1. The van der Waals surface area contributed by atoms with E-state index in [0.717, 1.165) is 12.0 Å². The molecule has 2 rings (SSSR count). The van der Waals surface area contributed by atoms with Crippen LogP contribution >= 0.6 is 0 Å². The van der Waals surface area contributed by atoms with Crippen molar-refractivity contribution >= 4 is 17.6 Å². The van der Waals surface area contributed by atoms with Crippen molar-refractivity contribution in [3.05, 3.63) is 29.8 Å². The maximum Gasteiger partial charge on any atom is 0.309 e. The molecule has 1 amide bonds. The molecule has 0 heterocycles. The first-order valence-electron chi connectivity index (χ1n) is 6.55. The minimum atomic E-state index is -0.762. The Labute approximate surface area is 113 Å². The van der Waals surface area contributed by atoms with Crippen molar-refractivity contribution < 1.29 is 14.3 Å². The first-order chi connectivity index (χ1) is 8.97. The van der Waals surface area contributed by atoms with Gasteiger partial charge in [0.05, 0.1) is 5.92 Å². The van der Waals surface area contributed by atoms with Crippen LogP contribution in [-0.2, 0) is 14.3 Å². The monoisotopic (exact) mass is 261 g/mol. The van der Waals surface area contributed by atoms with Gasteiger partial charge in [-0.1, -0.05) is 24.6 Å². The van der Waals surface area contributed by atoms with Crippen LogP contribution in [0.5, 0.6) is 0 Å². The summed E-state index contributed by atoms with van der Waals surface area (Å²) in [7, 11) is 0. The SMILES string of the molecule is Cc1ccc(NC(=O)[C@@H](C)OC(=O)[C@H]2C[C@@H]2C)cc1. The second-order valence-corrected chi connectivity index (χ2v) is 5.25. The lowest BCUT2D eigenvalue weighted by Gasteiger charge is -2.13. The van der Waals surface area contributed by atoms with E-state index < -0.39 is 6.10 Å². The summed E-state index contributed by atoms with van der Waals surface area (Å²) in [6, 6.07) is 7.48. The number of hydrogen-bond acceptors (Lipinski definition) is 3. The van der Waals surface area contributed by atoms with E-state index in [1.54, 1.807) is 6.92 Å². The van der Waals surface area contributed by atoms with Gasteiger partial charge in [0.15, 0.2) is 6.10 Å². The Hall–Kier alpha value is -1.84. The largest absolute Gasteiger partial charge is 0.452 e. The normalized spacial score (nSPS) is 22.5. The van der Waals surface area contributed by atoms with Gasteiger partial charge in [-0.15, -0.1) is 0 Å². The fraction of sp³-hybridized carbons (Fsp3) is 0.467. The van der Waals surface area contributed by atoms with E-state index in [1.807, 2.05) is 38.1 Å². The molecule has 0 radical (unpaired) electrons. The molecule has 1 aliphatic carbocycles. The van der Waals surface area contributed by atoms with Crippen molar-refractivity contribution in [1.82, 2.24) is 0 Å². The zero-order valence-electron chi connectivity index (χ0n) is 11.5. The number of rotatable bonds is 4. The molecule has 4 nitrogen and oxygen atoms in total. The van der Waals surface area contributed by atoms with Crippen LogP contribution in [0.2, 0.25) is 0 Å². The quantitative estimate of drug-likeness (QED) is 0.847. The summed E-state index contributed by atoms with van der Waals surface area (Å²) in [6.07, 6.45) is 0.104. The molecule has 0 unspecified atom stereocenters. The van der Waals surface area contributed by atoms with Crippen LogP contribution in [0.3, 0.4) is 0 Å². The molecule has 19 heavy (non-hydrogen) atoms. The Morgan fingerprint density at radius 2 is 1.89 bits per heavy atom. The summed E-state index contributed by atoms with van der Waals surface area (Å²) >= 11 is 0. The average molecular weight is 261 g/mol. The van der Waals surface area contributed by atoms with E-state index >= 15 is 0 Å². The first-order valence-corrected chi connectivity index (χ1v) is 6.55. The van der Waals surface area contributed by atoms with Crippen molar-refractivity contribution in [1.29, 1.82) is 0 Å². The fourth-order valence-corrected chi connectivity index (χ4v) is 1.85. The molecule has 0 spiro atoms. The van der Waals surface area contributed by atoms with Crippen LogP contribution in [0.1, 0.15) is 25.8 Å². The van der Waals surface area contributed by atoms with Crippen LogP contribution in [0, 0.1) is 18.8 Å². The van der Waals surface area contributed by atoms with Gasteiger partial charge in [-0.3, -0.25) is 9.59 Å². The molecular weight excluding hydrogens is 242 g/mol. The zero-order valence-corrected chi connectivity index (χ0v) is 11.5. The Morgan fingerprint density at radius 1 is 1.32 bits per heavy atom. The highest BCUT2D eigenvalue weighted by atomic mass is 16.5. The predicted molar refractivity (Wildman–Crippen MR) is 72.6 cm³/mol. The van der Waals surface area contributed by atoms with Gasteiger partial charge in [-0.05, 0) is 38.3 Å². The fourth-order valence-electron chi connectivity index (χ4n) is 1.85. The molecule has 1 N–H and O–H groups in total. The molecule has 0 saturated heterocycles. The van der Waals surface area contributed by atoms with Crippen LogP contribution in [-0.4, -0.2) is 18.0 Å². The molecule has 4 heteroatoms. The maximum absolute atomic E-state index is 11.9. The van der Waals surface area contributed by atoms with Crippen molar-refractivity contribution in [2.75, 3.05) is 5.32 Å². The molecule has 0 aromatic heterocycles. The summed E-state index contributed by atoms with van der Waals surface area (Å²) in [5.41, 5.74) is 1.83. The number of esters is 1. The summed E-state index contributed by atoms with van der Waals surface area (Å²) in [6.45, 7) is 5.57. The van der Waals surface area contributed by atoms with Gasteiger partial charge in [-0.2, -0.15) is 0 Å². The molecule has 0 aliphatic heterocycles. The smallest absolute Gasteiger partial charge is 0.309 e. The maximum atomic E-state index is 11.9. The van der Waals surface area contributed by atoms with E-state index in [2.05, 4.69) is 5.32 Å². The highest BCUT2D eigenvalue weighted by Gasteiger charge is 2.41. The van der Waals surface area contributed by atoms with Crippen molar-refractivity contribution in [3.8, 4) is 0 Å². The standard InChI is InChI=1S/C15H19NO3/c1-9-4-6-12(7-5-9)16-14(17)11(3)19-15(18)13-8-10(13)2/h4-7,10-11,13H,8H2,1-3H3,(H,16,17)/t10-,11+,13-/m0/s1. The van der Waals surface area contributed by atoms with Crippen LogP contribution in [0.4, 0.5) is 5.69 Å². The number of benzene rings is 1. The Morgan fingerprint density at radius 3 is 2.42 bits per heavy atom. The van der Waals surface area contributed by atoms with E-state index in [1.165, 1.54) is 0 Å². The molecule has 3 atom stereocenters. The molecule has 1 fully saturated rings. The lowest BCUT2D eigenvalue weighted by Crippen LogP contribution is -2.30. The van der Waals surface area contributed by atoms with Gasteiger partial charge in [-0.25, -0.2) is 0 Å². The third-order valence-corrected chi connectivity index (χ3v) is 3.39. The number of hydrogen-bond donors (Lipinski definition) is 1. The van der Waals surface area contributed by atoms with E-state index in [4.69, 9.17) is 4.74 Å². The van der Waals surface area contributed by atoms with Gasteiger partial charge in [0.1, 0.15) is 0 Å². The van der Waals surface area contributed by atoms with Crippen molar-refractivity contribution in [2.24, 2.45) is 11.8 Å². The minimum Gasteiger partial charge on any atom is -0.452 e. The molecule has 1 aromatic carbocycles. The van der Waals surface area contributed by atoms with Gasteiger partial charge in [0, 0.05) is 5.69 Å². The van der Waals surface area contributed by atoms with Gasteiger partial charge in [0.25, 0.3) is 5.91 Å². The summed E-state index contributed by atoms with van der Waals surface area (Å²) in [4.78, 5) is 23.5. The van der Waals surface area contributed by atoms with E-state index in [9.17, 15) is 9.59 Å². The van der Waals surface area contributed by atoms with Gasteiger partial charge >= 0.3 is 5.97 Å². The Kier molecular flexibility index (Phi) is 3.88. The molecule has 1 aromatic rings. The summed E-state index contributed by atoms with van der Waals surface area (Å²) < 4.78 is 5.15. The topological polar surface area (TPSA) is 55.4 Å². The highest BCUT2D eigenvalue weighted by molar-refractivity contribution is 5.95. The zero-order chi connectivity index (χ0) is 14.0. The van der Waals surface area contributed by atoms with Gasteiger partial charge < -0.3 is 10.1 Å². The van der Waals surface area contributed by atoms with Gasteiger partial charge in [0.2, 0.25) is 0 Å². The third kappa shape index (κ3) is 3.56. The molecule has 0 bridgehead atoms. The number of amides is 1.